The van der Waals surface area contributed by atoms with Crippen LogP contribution in [0.4, 0.5) is 5.82 Å². The number of nitrogens with two attached hydrogens (primary N) is 2. The molecular weight excluding hydrogens is 280 g/mol. The molecule has 0 aliphatic heterocycles. The van der Waals surface area contributed by atoms with E-state index >= 15 is 0 Å². The quantitative estimate of drug-likeness (QED) is 0.546. The molecule has 1 fully saturated rings. The van der Waals surface area contributed by atoms with E-state index in [1.165, 1.54) is 0 Å². The number of carbonyl (C=O) groups is 1. The summed E-state index contributed by atoms with van der Waals surface area (Å²) in [6.07, 6.45) is 6.28. The maximum atomic E-state index is 11.8. The fourth-order valence-corrected chi connectivity index (χ4v) is 3.41. The van der Waals surface area contributed by atoms with Gasteiger partial charge in [0.15, 0.2) is 0 Å². The molecule has 1 heterocycles. The summed E-state index contributed by atoms with van der Waals surface area (Å²) in [4.78, 5) is 20.0. The number of aliphatic imine (C=N–C) groups is 1. The normalized spacial score (nSPS) is 19.0. The lowest BCUT2D eigenvalue weighted by molar-refractivity contribution is -0.145. The van der Waals surface area contributed by atoms with E-state index in [2.05, 4.69) is 9.98 Å². The van der Waals surface area contributed by atoms with Gasteiger partial charge in [-0.15, -0.1) is 0 Å². The molecule has 2 atom stereocenters. The molecule has 1 aliphatic carbocycles. The molecular formula is C16H24N4O2. The molecule has 1 aromatic heterocycles. The Kier molecular flexibility index (Phi) is 5.35. The van der Waals surface area contributed by atoms with Crippen LogP contribution in [0.1, 0.15) is 31.2 Å². The smallest absolute Gasteiger partial charge is 0.307 e. The first kappa shape index (κ1) is 16.3. The minimum absolute atomic E-state index is 0.171. The third-order valence-electron chi connectivity index (χ3n) is 4.57. The average molecular weight is 304 g/mol. The average Bonchev–Trinajstić information content (AvgIpc) is 3.01. The Morgan fingerprint density at radius 2 is 2.14 bits per heavy atom. The highest BCUT2D eigenvalue weighted by Crippen LogP contribution is 2.37. The van der Waals surface area contributed by atoms with Crippen LogP contribution in [0.5, 0.6) is 0 Å². The minimum Gasteiger partial charge on any atom is -0.481 e. The second-order valence-corrected chi connectivity index (χ2v) is 5.96. The number of aliphatic carboxylic acids is 1. The number of carboxylic acids is 1. The Morgan fingerprint density at radius 1 is 1.45 bits per heavy atom. The fraction of sp³-hybridized carbons (Fsp3) is 0.562. The Morgan fingerprint density at radius 3 is 2.64 bits per heavy atom. The number of pyridine rings is 1. The zero-order valence-electron chi connectivity index (χ0n) is 12.9. The summed E-state index contributed by atoms with van der Waals surface area (Å²) < 4.78 is 0. The number of amidine groups is 1. The van der Waals surface area contributed by atoms with Crippen LogP contribution in [-0.4, -0.2) is 28.9 Å². The van der Waals surface area contributed by atoms with Crippen LogP contribution in [0.15, 0.2) is 23.3 Å². The molecule has 2 unspecified atom stereocenters. The van der Waals surface area contributed by atoms with Crippen LogP contribution in [0.3, 0.4) is 0 Å². The zero-order chi connectivity index (χ0) is 16.1. The summed E-state index contributed by atoms with van der Waals surface area (Å²) in [6.45, 7) is 0. The van der Waals surface area contributed by atoms with E-state index in [1.54, 1.807) is 19.3 Å². The second kappa shape index (κ2) is 7.24. The second-order valence-electron chi connectivity index (χ2n) is 5.96. The lowest BCUT2D eigenvalue weighted by Crippen LogP contribution is -2.39. The first-order valence-corrected chi connectivity index (χ1v) is 7.68. The minimum atomic E-state index is -0.785. The first-order valence-electron chi connectivity index (χ1n) is 7.68. The molecule has 6 nitrogen and oxygen atoms in total. The molecule has 120 valence electrons. The molecule has 0 saturated heterocycles. The summed E-state index contributed by atoms with van der Waals surface area (Å²) in [5.74, 6) is -0.574. The van der Waals surface area contributed by atoms with E-state index < -0.39 is 11.9 Å². The predicted molar refractivity (Wildman–Crippen MR) is 86.5 cm³/mol. The van der Waals surface area contributed by atoms with Crippen molar-refractivity contribution in [1.29, 1.82) is 0 Å². The molecule has 1 aromatic rings. The van der Waals surface area contributed by atoms with Gasteiger partial charge in [0.1, 0.15) is 5.82 Å². The van der Waals surface area contributed by atoms with Gasteiger partial charge < -0.3 is 16.6 Å². The topological polar surface area (TPSA) is 115 Å². The molecule has 1 saturated carbocycles. The molecule has 5 N–H and O–H groups in total. The van der Waals surface area contributed by atoms with E-state index in [9.17, 15) is 9.90 Å². The Labute approximate surface area is 130 Å². The van der Waals surface area contributed by atoms with Crippen LogP contribution in [0.2, 0.25) is 0 Å². The molecule has 0 bridgehead atoms. The number of rotatable bonds is 6. The number of hydrogen-bond donors (Lipinski definition) is 3. The molecule has 22 heavy (non-hydrogen) atoms. The van der Waals surface area contributed by atoms with E-state index in [4.69, 9.17) is 11.5 Å². The number of hydrogen-bond acceptors (Lipinski definition) is 4. The molecule has 0 aromatic carbocycles. The van der Waals surface area contributed by atoms with E-state index in [0.29, 0.717) is 18.1 Å². The van der Waals surface area contributed by atoms with Gasteiger partial charge in [-0.3, -0.25) is 9.79 Å². The Bertz CT molecular complexity index is 536. The number of anilines is 1. The van der Waals surface area contributed by atoms with Crippen molar-refractivity contribution in [2.45, 2.75) is 32.1 Å². The lowest BCUT2D eigenvalue weighted by atomic mass is 9.77. The van der Waals surface area contributed by atoms with Gasteiger partial charge in [-0.2, -0.15) is 0 Å². The third-order valence-corrected chi connectivity index (χ3v) is 4.57. The Balaban J connectivity index is 2.26. The van der Waals surface area contributed by atoms with Crippen molar-refractivity contribution >= 4 is 17.6 Å². The zero-order valence-corrected chi connectivity index (χ0v) is 12.9. The number of aromatic nitrogens is 1. The Hall–Kier alpha value is -2.11. The molecule has 2 rings (SSSR count). The summed E-state index contributed by atoms with van der Waals surface area (Å²) in [5, 5.41) is 9.72. The van der Waals surface area contributed by atoms with Gasteiger partial charge in [0.2, 0.25) is 0 Å². The number of carboxylic acid groups (broad SMARTS) is 1. The highest BCUT2D eigenvalue weighted by atomic mass is 16.4. The molecule has 6 heteroatoms. The van der Waals surface area contributed by atoms with E-state index in [1.807, 2.05) is 6.07 Å². The van der Waals surface area contributed by atoms with Gasteiger partial charge in [0, 0.05) is 19.2 Å². The van der Waals surface area contributed by atoms with Crippen molar-refractivity contribution in [2.75, 3.05) is 12.8 Å². The van der Waals surface area contributed by atoms with Crippen molar-refractivity contribution in [3.8, 4) is 0 Å². The predicted octanol–water partition coefficient (Wildman–Crippen LogP) is 1.70. The van der Waals surface area contributed by atoms with Gasteiger partial charge in [-0.1, -0.05) is 18.9 Å². The third kappa shape index (κ3) is 3.75. The highest BCUT2D eigenvalue weighted by molar-refractivity contribution is 5.88. The van der Waals surface area contributed by atoms with Gasteiger partial charge >= 0.3 is 5.97 Å². The molecule has 0 radical (unpaired) electrons. The maximum Gasteiger partial charge on any atom is 0.307 e. The molecule has 1 aliphatic rings. The summed E-state index contributed by atoms with van der Waals surface area (Å²) in [6, 6.07) is 3.59. The molecule has 0 amide bonds. The SMILES string of the molecule is CN=C(N)C(Cc1ccc(N)nc1)C(C(=O)O)C1CCCC1. The van der Waals surface area contributed by atoms with Crippen LogP contribution in [0, 0.1) is 17.8 Å². The van der Waals surface area contributed by atoms with Crippen LogP contribution >= 0.6 is 0 Å². The van der Waals surface area contributed by atoms with Crippen molar-refractivity contribution in [2.24, 2.45) is 28.5 Å². The van der Waals surface area contributed by atoms with Gasteiger partial charge in [-0.05, 0) is 36.8 Å². The van der Waals surface area contributed by atoms with Crippen LogP contribution in [0.25, 0.3) is 0 Å². The summed E-state index contributed by atoms with van der Waals surface area (Å²) in [5.41, 5.74) is 12.6. The highest BCUT2D eigenvalue weighted by Gasteiger charge is 2.38. The van der Waals surface area contributed by atoms with Gasteiger partial charge in [-0.25, -0.2) is 4.98 Å². The van der Waals surface area contributed by atoms with Crippen molar-refractivity contribution in [3.63, 3.8) is 0 Å². The van der Waals surface area contributed by atoms with E-state index in [-0.39, 0.29) is 11.8 Å². The van der Waals surface area contributed by atoms with Crippen molar-refractivity contribution in [1.82, 2.24) is 4.98 Å². The lowest BCUT2D eigenvalue weighted by Gasteiger charge is -2.28. The van der Waals surface area contributed by atoms with E-state index in [0.717, 1.165) is 31.2 Å². The van der Waals surface area contributed by atoms with Crippen molar-refractivity contribution in [3.05, 3.63) is 23.9 Å². The summed E-state index contributed by atoms with van der Waals surface area (Å²) >= 11 is 0. The number of nitrogens with zero attached hydrogens (tertiary/aromatic N) is 2. The number of nitrogen functional groups attached to an aromatic ring is 1. The van der Waals surface area contributed by atoms with Gasteiger partial charge in [0.25, 0.3) is 0 Å². The fourth-order valence-electron chi connectivity index (χ4n) is 3.41. The maximum absolute atomic E-state index is 11.8. The standard InChI is InChI=1S/C16H24N4O2/c1-19-15(18)12(8-10-6-7-13(17)20-9-10)14(16(21)22)11-4-2-3-5-11/h6-7,9,11-12,14H,2-5,8H2,1H3,(H2,17,20)(H2,18,19)(H,21,22). The van der Waals surface area contributed by atoms with Crippen LogP contribution < -0.4 is 11.5 Å². The monoisotopic (exact) mass is 304 g/mol. The van der Waals surface area contributed by atoms with Crippen LogP contribution in [-0.2, 0) is 11.2 Å². The first-order chi connectivity index (χ1) is 10.5. The van der Waals surface area contributed by atoms with Gasteiger partial charge in [0.05, 0.1) is 11.8 Å². The van der Waals surface area contributed by atoms with Crippen molar-refractivity contribution < 1.29 is 9.90 Å². The molecule has 0 spiro atoms. The largest absolute Gasteiger partial charge is 0.481 e. The summed E-state index contributed by atoms with van der Waals surface area (Å²) in [7, 11) is 1.61.